The van der Waals surface area contributed by atoms with E-state index in [0.29, 0.717) is 5.56 Å². The molecule has 0 amide bonds. The Labute approximate surface area is 144 Å². The third-order valence-corrected chi connectivity index (χ3v) is 5.21. The lowest BCUT2D eigenvalue weighted by Crippen LogP contribution is -2.41. The number of hydrogen-bond acceptors (Lipinski definition) is 9. The second-order valence-electron chi connectivity index (χ2n) is 6.73. The average Bonchev–Trinajstić information content (AvgIpc) is 3.06. The normalized spacial score (nSPS) is 36.5. The monoisotopic (exact) mass is 353 g/mol. The van der Waals surface area contributed by atoms with Gasteiger partial charge in [0.05, 0.1) is 4.92 Å². The van der Waals surface area contributed by atoms with E-state index in [4.69, 9.17) is 0 Å². The fourth-order valence-corrected chi connectivity index (χ4v) is 3.98. The maximum absolute atomic E-state index is 11.2. The van der Waals surface area contributed by atoms with E-state index in [2.05, 4.69) is 21.7 Å². The first kappa shape index (κ1) is 18.0. The predicted molar refractivity (Wildman–Crippen MR) is 88.0 cm³/mol. The van der Waals surface area contributed by atoms with Crippen LogP contribution in [0.1, 0.15) is 25.3 Å². The predicted octanol–water partition coefficient (Wildman–Crippen LogP) is -0.754. The number of nitro groups is 1. The Kier molecular flexibility index (Phi) is 4.91. The Bertz CT molecular complexity index is 615. The van der Waals surface area contributed by atoms with Gasteiger partial charge in [0, 0.05) is 35.9 Å². The van der Waals surface area contributed by atoms with Gasteiger partial charge in [-0.05, 0) is 25.5 Å². The molecule has 0 saturated carbocycles. The summed E-state index contributed by atoms with van der Waals surface area (Å²) in [7, 11) is 0. The van der Waals surface area contributed by atoms with E-state index in [-0.39, 0.29) is 23.9 Å². The van der Waals surface area contributed by atoms with Gasteiger partial charge in [0.25, 0.3) is 0 Å². The summed E-state index contributed by atoms with van der Waals surface area (Å²) in [6.45, 7) is 3.78. The lowest BCUT2D eigenvalue weighted by atomic mass is 9.71. The number of aliphatic hydroxyl groups is 2. The molecule has 10 nitrogen and oxygen atoms in total. The quantitative estimate of drug-likeness (QED) is 0.274. The molecule has 0 aromatic heterocycles. The Balaban J connectivity index is 2.08. The van der Waals surface area contributed by atoms with Gasteiger partial charge < -0.3 is 15.3 Å². The maximum Gasteiger partial charge on any atom is 0.310 e. The van der Waals surface area contributed by atoms with Gasteiger partial charge in [0.1, 0.15) is 12.5 Å². The van der Waals surface area contributed by atoms with E-state index in [9.17, 15) is 25.4 Å². The number of phenolic OH excluding ortho intramolecular Hbond substituents is 1. The van der Waals surface area contributed by atoms with Crippen LogP contribution in [0.5, 0.6) is 5.75 Å². The minimum Gasteiger partial charge on any atom is -0.502 e. The SMILES string of the molecule is CC1NNC(O)C1C(c1ccc(O)c([N+](=O)[O-])c1)C1C(C)NNC1O. The van der Waals surface area contributed by atoms with Gasteiger partial charge in [-0.25, -0.2) is 10.9 Å². The van der Waals surface area contributed by atoms with Gasteiger partial charge in [0.2, 0.25) is 0 Å². The molecule has 2 aliphatic rings. The van der Waals surface area contributed by atoms with Crippen LogP contribution in [0.25, 0.3) is 0 Å². The van der Waals surface area contributed by atoms with Crippen molar-refractivity contribution in [1.29, 1.82) is 0 Å². The van der Waals surface area contributed by atoms with Crippen molar-refractivity contribution in [2.24, 2.45) is 11.8 Å². The first-order chi connectivity index (χ1) is 11.8. The smallest absolute Gasteiger partial charge is 0.310 e. The molecule has 0 bridgehead atoms. The van der Waals surface area contributed by atoms with Crippen molar-refractivity contribution in [2.75, 3.05) is 0 Å². The highest BCUT2D eigenvalue weighted by atomic mass is 16.6. The molecule has 2 heterocycles. The molecule has 25 heavy (non-hydrogen) atoms. The van der Waals surface area contributed by atoms with Gasteiger partial charge in [-0.2, -0.15) is 0 Å². The summed E-state index contributed by atoms with van der Waals surface area (Å²) in [5, 5.41) is 41.7. The lowest BCUT2D eigenvalue weighted by Gasteiger charge is -2.35. The molecule has 6 atom stereocenters. The van der Waals surface area contributed by atoms with Crippen LogP contribution >= 0.6 is 0 Å². The van der Waals surface area contributed by atoms with Crippen LogP contribution in [-0.4, -0.2) is 44.8 Å². The zero-order chi connectivity index (χ0) is 18.3. The summed E-state index contributed by atoms with van der Waals surface area (Å²) in [5.74, 6) is -1.50. The first-order valence-corrected chi connectivity index (χ1v) is 8.16. The van der Waals surface area contributed by atoms with Crippen molar-refractivity contribution >= 4 is 5.69 Å². The number of hydrogen-bond donors (Lipinski definition) is 7. The Hall–Kier alpha value is -1.82. The van der Waals surface area contributed by atoms with Crippen LogP contribution < -0.4 is 21.7 Å². The van der Waals surface area contributed by atoms with Crippen LogP contribution in [0.15, 0.2) is 18.2 Å². The summed E-state index contributed by atoms with van der Waals surface area (Å²) in [5.41, 5.74) is 11.7. The third-order valence-electron chi connectivity index (χ3n) is 5.21. The molecule has 2 saturated heterocycles. The molecule has 7 N–H and O–H groups in total. The number of benzene rings is 1. The first-order valence-electron chi connectivity index (χ1n) is 8.16. The largest absolute Gasteiger partial charge is 0.502 e. The molecule has 138 valence electrons. The molecule has 1 aromatic carbocycles. The maximum atomic E-state index is 11.2. The highest BCUT2D eigenvalue weighted by Crippen LogP contribution is 2.43. The minimum absolute atomic E-state index is 0.132. The molecule has 0 aliphatic carbocycles. The van der Waals surface area contributed by atoms with Crippen LogP contribution in [0.3, 0.4) is 0 Å². The van der Waals surface area contributed by atoms with E-state index < -0.39 is 34.7 Å². The molecule has 10 heteroatoms. The Morgan fingerprint density at radius 3 is 1.96 bits per heavy atom. The summed E-state index contributed by atoms with van der Waals surface area (Å²) in [6.07, 6.45) is -1.76. The van der Waals surface area contributed by atoms with Gasteiger partial charge in [-0.3, -0.25) is 21.0 Å². The molecule has 3 rings (SSSR count). The summed E-state index contributed by atoms with van der Waals surface area (Å²) in [6, 6.07) is 3.93. The number of rotatable bonds is 4. The summed E-state index contributed by atoms with van der Waals surface area (Å²) in [4.78, 5) is 10.5. The van der Waals surface area contributed by atoms with Crippen molar-refractivity contribution in [3.63, 3.8) is 0 Å². The molecular formula is C15H23N5O5. The number of hydrazine groups is 2. The summed E-state index contributed by atoms with van der Waals surface area (Å²) >= 11 is 0. The highest BCUT2D eigenvalue weighted by Gasteiger charge is 2.48. The number of nitro benzene ring substituents is 1. The summed E-state index contributed by atoms with van der Waals surface area (Å²) < 4.78 is 0. The van der Waals surface area contributed by atoms with Crippen molar-refractivity contribution in [1.82, 2.24) is 21.7 Å². The molecule has 0 spiro atoms. The lowest BCUT2D eigenvalue weighted by molar-refractivity contribution is -0.386. The van der Waals surface area contributed by atoms with Gasteiger partial charge in [-0.15, -0.1) is 0 Å². The number of nitrogens with zero attached hydrogens (tertiary/aromatic N) is 1. The van der Waals surface area contributed by atoms with Crippen LogP contribution in [-0.2, 0) is 0 Å². The van der Waals surface area contributed by atoms with Crippen molar-refractivity contribution in [2.45, 2.75) is 44.3 Å². The fraction of sp³-hybridized carbons (Fsp3) is 0.600. The topological polar surface area (TPSA) is 152 Å². The number of aliphatic hydroxyl groups excluding tert-OH is 2. The van der Waals surface area contributed by atoms with E-state index in [1.165, 1.54) is 12.1 Å². The molecule has 0 radical (unpaired) electrons. The van der Waals surface area contributed by atoms with Gasteiger partial charge in [-0.1, -0.05) is 6.07 Å². The zero-order valence-corrected chi connectivity index (χ0v) is 13.9. The minimum atomic E-state index is -0.882. The Morgan fingerprint density at radius 2 is 1.56 bits per heavy atom. The van der Waals surface area contributed by atoms with Crippen LogP contribution in [0.2, 0.25) is 0 Å². The number of nitrogens with one attached hydrogen (secondary N) is 4. The standard InChI is InChI=1S/C15H23N5O5/c1-6-11(14(22)18-16-6)13(12-7(2)17-19-15(12)23)8-3-4-10(21)9(5-8)20(24)25/h3-7,11-19,21-23H,1-2H3. The second-order valence-corrected chi connectivity index (χ2v) is 6.73. The molecule has 1 aromatic rings. The third kappa shape index (κ3) is 3.19. The van der Waals surface area contributed by atoms with Crippen LogP contribution in [0.4, 0.5) is 5.69 Å². The van der Waals surface area contributed by atoms with E-state index in [1.54, 1.807) is 6.07 Å². The number of phenols is 1. The molecule has 2 aliphatic heterocycles. The fourth-order valence-electron chi connectivity index (χ4n) is 3.98. The average molecular weight is 353 g/mol. The van der Waals surface area contributed by atoms with E-state index >= 15 is 0 Å². The van der Waals surface area contributed by atoms with E-state index in [1.807, 2.05) is 13.8 Å². The van der Waals surface area contributed by atoms with Crippen LogP contribution in [0, 0.1) is 22.0 Å². The van der Waals surface area contributed by atoms with E-state index in [0.717, 1.165) is 0 Å². The Morgan fingerprint density at radius 1 is 1.04 bits per heavy atom. The van der Waals surface area contributed by atoms with Gasteiger partial charge >= 0.3 is 5.69 Å². The second kappa shape index (κ2) is 6.83. The van der Waals surface area contributed by atoms with Crippen molar-refractivity contribution < 1.29 is 20.2 Å². The van der Waals surface area contributed by atoms with Gasteiger partial charge in [0.15, 0.2) is 5.75 Å². The number of aromatic hydroxyl groups is 1. The van der Waals surface area contributed by atoms with Crippen molar-refractivity contribution in [3.8, 4) is 5.75 Å². The zero-order valence-electron chi connectivity index (χ0n) is 13.9. The highest BCUT2D eigenvalue weighted by molar-refractivity contribution is 5.49. The molecule has 6 unspecified atom stereocenters. The molecular weight excluding hydrogens is 330 g/mol. The van der Waals surface area contributed by atoms with Crippen molar-refractivity contribution in [3.05, 3.63) is 33.9 Å². The molecule has 2 fully saturated rings.